The summed E-state index contributed by atoms with van der Waals surface area (Å²) in [4.78, 5) is 7.66. The van der Waals surface area contributed by atoms with Crippen molar-refractivity contribution in [3.05, 3.63) is 47.6 Å². The van der Waals surface area contributed by atoms with Gasteiger partial charge in [-0.25, -0.2) is 4.98 Å². The van der Waals surface area contributed by atoms with E-state index in [1.807, 2.05) is 12.1 Å². The lowest BCUT2D eigenvalue weighted by atomic mass is 10.1. The van der Waals surface area contributed by atoms with E-state index in [1.54, 1.807) is 11.6 Å². The van der Waals surface area contributed by atoms with E-state index in [4.69, 9.17) is 0 Å². The largest absolute Gasteiger partial charge is 0.589 e. The van der Waals surface area contributed by atoms with Crippen LogP contribution in [0.3, 0.4) is 0 Å². The molecule has 0 amide bonds. The molecule has 3 heterocycles. The van der Waals surface area contributed by atoms with E-state index in [0.717, 1.165) is 36.0 Å². The summed E-state index contributed by atoms with van der Waals surface area (Å²) < 4.78 is 11.8. The molecule has 1 unspecified atom stereocenters. The summed E-state index contributed by atoms with van der Waals surface area (Å²) in [5.41, 5.74) is 4.56. The minimum Gasteiger partial charge on any atom is -0.589 e. The maximum absolute atomic E-state index is 11.8. The number of hydrogen-bond acceptors (Lipinski definition) is 3. The minimum atomic E-state index is -1.11. The van der Waals surface area contributed by atoms with Crippen LogP contribution in [-0.2, 0) is 0 Å². The van der Waals surface area contributed by atoms with Crippen molar-refractivity contribution < 1.29 is 4.55 Å². The molecule has 1 aliphatic rings. The number of aromatic nitrogens is 2. The van der Waals surface area contributed by atoms with Crippen LogP contribution in [0, 0.1) is 0 Å². The normalized spacial score (nSPS) is 16.2. The highest BCUT2D eigenvalue weighted by Gasteiger charge is 2.13. The predicted octanol–water partition coefficient (Wildman–Crippen LogP) is 3.33. The summed E-state index contributed by atoms with van der Waals surface area (Å²) in [6, 6.07) is 8.24. The Hall–Kier alpha value is -1.95. The van der Waals surface area contributed by atoms with E-state index in [1.165, 1.54) is 11.3 Å². The lowest BCUT2D eigenvalue weighted by Crippen LogP contribution is -2.20. The number of hydrogen-bond donors (Lipinski definition) is 2. The smallest absolute Gasteiger partial charge is 0.272 e. The number of fused-ring (bicyclic) bond motifs is 1. The highest BCUT2D eigenvalue weighted by atomic mass is 32.2. The minimum absolute atomic E-state index is 0.640. The molecule has 3 aromatic rings. The number of aromatic amines is 1. The van der Waals surface area contributed by atoms with Crippen molar-refractivity contribution in [3.8, 4) is 10.6 Å². The van der Waals surface area contributed by atoms with E-state index >= 15 is 0 Å². The summed E-state index contributed by atoms with van der Waals surface area (Å²) in [6.07, 6.45) is 4.88. The zero-order valence-corrected chi connectivity index (χ0v) is 12.2. The average molecular weight is 297 g/mol. The van der Waals surface area contributed by atoms with Crippen molar-refractivity contribution in [2.75, 3.05) is 13.1 Å². The van der Waals surface area contributed by atoms with Crippen LogP contribution in [0.15, 0.2) is 41.9 Å². The molecule has 106 valence electrons. The molecular weight excluding hydrogens is 282 g/mol. The molecule has 4 nitrogen and oxygen atoms in total. The first-order valence-corrected chi connectivity index (χ1v) is 8.21. The molecule has 5 heteroatoms. The molecule has 21 heavy (non-hydrogen) atoms. The van der Waals surface area contributed by atoms with E-state index in [-0.39, 0.29) is 0 Å². The topological polar surface area (TPSA) is 63.8 Å². The SMILES string of the molecule is [O-][s+]1ccnc1-c1ccc2[nH]c(C3=CCNCC3)cc2c1. The summed E-state index contributed by atoms with van der Waals surface area (Å²) in [5.74, 6) is 0. The summed E-state index contributed by atoms with van der Waals surface area (Å²) in [7, 11) is -1.11. The Morgan fingerprint density at radius 3 is 2.95 bits per heavy atom. The molecule has 0 fully saturated rings. The van der Waals surface area contributed by atoms with Crippen molar-refractivity contribution >= 4 is 27.2 Å². The van der Waals surface area contributed by atoms with Crippen molar-refractivity contribution in [2.24, 2.45) is 0 Å². The Balaban J connectivity index is 1.78. The van der Waals surface area contributed by atoms with Crippen LogP contribution in [0.2, 0.25) is 0 Å². The van der Waals surface area contributed by atoms with Gasteiger partial charge in [-0.1, -0.05) is 6.08 Å². The second-order valence-corrected chi connectivity index (χ2v) is 6.44. The van der Waals surface area contributed by atoms with E-state index in [0.29, 0.717) is 5.01 Å². The fourth-order valence-corrected chi connectivity index (χ4v) is 3.59. The third-order valence-electron chi connectivity index (χ3n) is 3.84. The van der Waals surface area contributed by atoms with Gasteiger partial charge in [-0.2, -0.15) is 0 Å². The third-order valence-corrected chi connectivity index (χ3v) is 4.94. The number of H-pyrrole nitrogens is 1. The van der Waals surface area contributed by atoms with Gasteiger partial charge in [0.25, 0.3) is 5.01 Å². The van der Waals surface area contributed by atoms with Gasteiger partial charge in [0.2, 0.25) is 0 Å². The first-order chi connectivity index (χ1) is 10.3. The Bertz CT molecular complexity index is 831. The van der Waals surface area contributed by atoms with Crippen molar-refractivity contribution in [3.63, 3.8) is 0 Å². The van der Waals surface area contributed by atoms with Gasteiger partial charge in [-0.05, 0) is 53.6 Å². The molecule has 0 bridgehead atoms. The Morgan fingerprint density at radius 1 is 1.24 bits per heavy atom. The molecule has 0 saturated carbocycles. The van der Waals surface area contributed by atoms with E-state index < -0.39 is 10.8 Å². The summed E-state index contributed by atoms with van der Waals surface area (Å²) in [6.45, 7) is 1.95. The molecule has 4 rings (SSSR count). The fraction of sp³-hybridized carbons (Fsp3) is 0.188. The zero-order chi connectivity index (χ0) is 14.2. The second-order valence-electron chi connectivity index (χ2n) is 5.19. The molecule has 1 aromatic carbocycles. The summed E-state index contributed by atoms with van der Waals surface area (Å²) >= 11 is 0. The lowest BCUT2D eigenvalue weighted by Gasteiger charge is -2.12. The van der Waals surface area contributed by atoms with Crippen LogP contribution in [0.25, 0.3) is 27.0 Å². The Labute approximate surface area is 125 Å². The number of rotatable bonds is 2. The first-order valence-electron chi connectivity index (χ1n) is 6.99. The van der Waals surface area contributed by atoms with Gasteiger partial charge in [0.1, 0.15) is 0 Å². The quantitative estimate of drug-likeness (QED) is 0.713. The van der Waals surface area contributed by atoms with Crippen molar-refractivity contribution in [1.29, 1.82) is 0 Å². The Kier molecular flexibility index (Phi) is 3.11. The molecule has 0 spiro atoms. The monoisotopic (exact) mass is 297 g/mol. The third kappa shape index (κ3) is 2.29. The number of benzene rings is 1. The molecule has 0 radical (unpaired) electrons. The van der Waals surface area contributed by atoms with E-state index in [2.05, 4.69) is 33.5 Å². The van der Waals surface area contributed by atoms with Gasteiger partial charge in [-0.15, -0.1) is 0 Å². The molecule has 1 aliphatic heterocycles. The second kappa shape index (κ2) is 5.11. The molecule has 2 aromatic heterocycles. The van der Waals surface area contributed by atoms with Crippen molar-refractivity contribution in [1.82, 2.24) is 15.3 Å². The molecule has 2 N–H and O–H groups in total. The molecular formula is C16H15N3OS. The van der Waals surface area contributed by atoms with Crippen LogP contribution in [0.4, 0.5) is 0 Å². The van der Waals surface area contributed by atoms with Gasteiger partial charge >= 0.3 is 0 Å². The predicted molar refractivity (Wildman–Crippen MR) is 85.6 cm³/mol. The number of nitrogens with zero attached hydrogens (tertiary/aromatic N) is 1. The van der Waals surface area contributed by atoms with Crippen LogP contribution in [0.5, 0.6) is 0 Å². The van der Waals surface area contributed by atoms with Gasteiger partial charge in [-0.3, -0.25) is 0 Å². The highest BCUT2D eigenvalue weighted by molar-refractivity contribution is 7.26. The van der Waals surface area contributed by atoms with E-state index in [9.17, 15) is 4.55 Å². The van der Waals surface area contributed by atoms with Crippen LogP contribution < -0.4 is 5.32 Å². The molecule has 0 aliphatic carbocycles. The lowest BCUT2D eigenvalue weighted by molar-refractivity contribution is 0.598. The average Bonchev–Trinajstić information content (AvgIpc) is 3.13. The fourth-order valence-electron chi connectivity index (χ4n) is 2.77. The maximum atomic E-state index is 11.8. The number of nitrogens with one attached hydrogen (secondary N) is 2. The summed E-state index contributed by atoms with van der Waals surface area (Å²) in [5, 5.41) is 6.71. The highest BCUT2D eigenvalue weighted by Crippen LogP contribution is 2.32. The van der Waals surface area contributed by atoms with Gasteiger partial charge in [0, 0.05) is 23.1 Å². The first kappa shape index (κ1) is 12.8. The number of thiazole rings is 1. The maximum Gasteiger partial charge on any atom is 0.272 e. The van der Waals surface area contributed by atoms with Crippen LogP contribution in [0.1, 0.15) is 12.1 Å². The van der Waals surface area contributed by atoms with Gasteiger partial charge < -0.3 is 14.9 Å². The van der Waals surface area contributed by atoms with Crippen LogP contribution in [-0.4, -0.2) is 27.6 Å². The van der Waals surface area contributed by atoms with Gasteiger partial charge in [0.05, 0.1) is 11.8 Å². The van der Waals surface area contributed by atoms with Crippen molar-refractivity contribution in [2.45, 2.75) is 6.42 Å². The molecule has 1 atom stereocenters. The van der Waals surface area contributed by atoms with Gasteiger partial charge in [0.15, 0.2) is 5.38 Å². The standard InChI is InChI=1S/C16H15N3OS/c20-21-8-7-18-16(21)12-1-2-14-13(9-12)10-15(19-14)11-3-5-17-6-4-11/h1-3,7-10,17,19H,4-6H2. The zero-order valence-electron chi connectivity index (χ0n) is 11.4. The van der Waals surface area contributed by atoms with Crippen LogP contribution >= 0.6 is 10.8 Å². The Morgan fingerprint density at radius 2 is 2.19 bits per heavy atom. The molecule has 0 saturated heterocycles.